The normalized spacial score (nSPS) is 10.9. The highest BCUT2D eigenvalue weighted by Gasteiger charge is 2.21. The largest absolute Gasteiger partial charge is 0.495 e. The molecule has 0 radical (unpaired) electrons. The topological polar surface area (TPSA) is 129 Å². The number of H-pyrrole nitrogens is 1. The summed E-state index contributed by atoms with van der Waals surface area (Å²) in [5.41, 5.74) is 6.42. The van der Waals surface area contributed by atoms with Crippen molar-refractivity contribution >= 4 is 17.1 Å². The monoisotopic (exact) mass is 362 g/mol. The van der Waals surface area contributed by atoms with Crippen LogP contribution >= 0.6 is 0 Å². The van der Waals surface area contributed by atoms with Crippen LogP contribution < -0.4 is 16.2 Å². The number of nitrogens with two attached hydrogens (primary N) is 1. The van der Waals surface area contributed by atoms with Gasteiger partial charge in [-0.2, -0.15) is 0 Å². The Kier molecular flexibility index (Phi) is 3.88. The van der Waals surface area contributed by atoms with Crippen LogP contribution in [-0.4, -0.2) is 37.5 Å². The number of nitrogens with one attached hydrogen (secondary N) is 1. The van der Waals surface area contributed by atoms with Crippen LogP contribution in [0, 0.1) is 0 Å². The van der Waals surface area contributed by atoms with Gasteiger partial charge in [-0.15, -0.1) is 0 Å². The Bertz CT molecular complexity index is 1210. The molecule has 134 valence electrons. The molecule has 0 saturated carbocycles. The van der Waals surface area contributed by atoms with E-state index in [0.29, 0.717) is 17.0 Å². The van der Waals surface area contributed by atoms with E-state index in [1.54, 1.807) is 48.8 Å². The van der Waals surface area contributed by atoms with Gasteiger partial charge in [0.05, 0.1) is 12.8 Å². The van der Waals surface area contributed by atoms with E-state index in [1.807, 2.05) is 0 Å². The summed E-state index contributed by atoms with van der Waals surface area (Å²) >= 11 is 0. The molecular weight excluding hydrogens is 348 g/mol. The second kappa shape index (κ2) is 6.37. The van der Waals surface area contributed by atoms with Crippen molar-refractivity contribution in [2.75, 3.05) is 7.11 Å². The molecule has 0 aliphatic carbocycles. The van der Waals surface area contributed by atoms with E-state index >= 15 is 0 Å². The number of aromatic amines is 1. The lowest BCUT2D eigenvalue weighted by molar-refractivity contribution is 0.0997. The van der Waals surface area contributed by atoms with Crippen molar-refractivity contribution < 1.29 is 9.53 Å². The zero-order valence-corrected chi connectivity index (χ0v) is 14.2. The molecule has 1 amide bonds. The number of pyridine rings is 1. The number of imidazole rings is 1. The molecule has 0 bridgehead atoms. The molecule has 3 heterocycles. The Morgan fingerprint density at radius 3 is 2.59 bits per heavy atom. The van der Waals surface area contributed by atoms with E-state index in [-0.39, 0.29) is 22.7 Å². The lowest BCUT2D eigenvalue weighted by atomic mass is 10.2. The van der Waals surface area contributed by atoms with Gasteiger partial charge in [-0.25, -0.2) is 19.3 Å². The minimum Gasteiger partial charge on any atom is -0.495 e. The highest BCUT2D eigenvalue weighted by Crippen LogP contribution is 2.26. The molecule has 0 atom stereocenters. The van der Waals surface area contributed by atoms with Gasteiger partial charge in [-0.1, -0.05) is 12.1 Å². The number of rotatable bonds is 4. The number of carbonyl (C=O) groups is 1. The second-order valence-corrected chi connectivity index (χ2v) is 5.63. The molecule has 0 aliphatic rings. The number of amides is 1. The SMILES string of the molecule is COc1ccccc1-n1c(=O)[nH]c2c(C(N)=O)nc(-c3ccncc3)nc21. The summed E-state index contributed by atoms with van der Waals surface area (Å²) in [5, 5.41) is 0. The molecule has 3 aromatic heterocycles. The predicted molar refractivity (Wildman–Crippen MR) is 97.8 cm³/mol. The average molecular weight is 362 g/mol. The number of primary amides is 1. The molecule has 27 heavy (non-hydrogen) atoms. The van der Waals surface area contributed by atoms with Gasteiger partial charge in [0.1, 0.15) is 11.3 Å². The minimum absolute atomic E-state index is 0.0717. The molecule has 9 nitrogen and oxygen atoms in total. The third kappa shape index (κ3) is 2.71. The van der Waals surface area contributed by atoms with Crippen LogP contribution in [0.3, 0.4) is 0 Å². The number of hydrogen-bond donors (Lipinski definition) is 2. The van der Waals surface area contributed by atoms with Crippen molar-refractivity contribution in [2.24, 2.45) is 5.73 Å². The Balaban J connectivity index is 2.10. The van der Waals surface area contributed by atoms with Crippen LogP contribution in [-0.2, 0) is 0 Å². The fourth-order valence-electron chi connectivity index (χ4n) is 2.83. The number of carbonyl (C=O) groups excluding carboxylic acids is 1. The van der Waals surface area contributed by atoms with Gasteiger partial charge in [-0.3, -0.25) is 9.78 Å². The molecule has 0 aliphatic heterocycles. The second-order valence-electron chi connectivity index (χ2n) is 5.63. The summed E-state index contributed by atoms with van der Waals surface area (Å²) in [6.07, 6.45) is 3.16. The van der Waals surface area contributed by atoms with E-state index < -0.39 is 11.6 Å². The summed E-state index contributed by atoms with van der Waals surface area (Å²) in [4.78, 5) is 39.9. The lowest BCUT2D eigenvalue weighted by Gasteiger charge is -2.09. The van der Waals surface area contributed by atoms with Gasteiger partial charge in [0.15, 0.2) is 17.2 Å². The molecule has 1 aromatic carbocycles. The van der Waals surface area contributed by atoms with E-state index in [4.69, 9.17) is 10.5 Å². The Morgan fingerprint density at radius 2 is 1.89 bits per heavy atom. The number of fused-ring (bicyclic) bond motifs is 1. The fraction of sp³-hybridized carbons (Fsp3) is 0.0556. The van der Waals surface area contributed by atoms with Crippen LogP contribution in [0.25, 0.3) is 28.2 Å². The third-order valence-electron chi connectivity index (χ3n) is 4.03. The van der Waals surface area contributed by atoms with Crippen molar-refractivity contribution in [3.8, 4) is 22.8 Å². The van der Waals surface area contributed by atoms with Gasteiger partial charge in [0.2, 0.25) is 0 Å². The number of para-hydroxylation sites is 2. The Hall–Kier alpha value is -4.01. The smallest absolute Gasteiger partial charge is 0.332 e. The average Bonchev–Trinajstić information content (AvgIpc) is 3.03. The van der Waals surface area contributed by atoms with Crippen LogP contribution in [0.15, 0.2) is 53.6 Å². The number of methoxy groups -OCH3 is 1. The number of benzene rings is 1. The highest BCUT2D eigenvalue weighted by molar-refractivity contribution is 6.02. The first-order chi connectivity index (χ1) is 13.1. The molecule has 9 heteroatoms. The van der Waals surface area contributed by atoms with Crippen LogP contribution in [0.5, 0.6) is 5.75 Å². The number of aromatic nitrogens is 5. The van der Waals surface area contributed by atoms with Crippen LogP contribution in [0.4, 0.5) is 0 Å². The number of hydrogen-bond acceptors (Lipinski definition) is 6. The first-order valence-corrected chi connectivity index (χ1v) is 7.96. The van der Waals surface area contributed by atoms with Gasteiger partial charge in [0.25, 0.3) is 5.91 Å². The standard InChI is InChI=1S/C18H14N6O3/c1-27-12-5-3-2-4-11(12)24-17-14(22-18(24)26)13(15(19)25)21-16(23-17)10-6-8-20-9-7-10/h2-9H,1H3,(H2,19,25)(H,22,26). The predicted octanol–water partition coefficient (Wildman–Crippen LogP) is 1.28. The number of nitrogens with zero attached hydrogens (tertiary/aromatic N) is 4. The summed E-state index contributed by atoms with van der Waals surface area (Å²) in [6, 6.07) is 10.4. The van der Waals surface area contributed by atoms with Gasteiger partial charge >= 0.3 is 5.69 Å². The van der Waals surface area contributed by atoms with E-state index in [9.17, 15) is 9.59 Å². The van der Waals surface area contributed by atoms with Crippen LogP contribution in [0.2, 0.25) is 0 Å². The van der Waals surface area contributed by atoms with E-state index in [0.717, 1.165) is 0 Å². The molecular formula is C18H14N6O3. The summed E-state index contributed by atoms with van der Waals surface area (Å²) in [6.45, 7) is 0. The fourth-order valence-corrected chi connectivity index (χ4v) is 2.83. The highest BCUT2D eigenvalue weighted by atomic mass is 16.5. The van der Waals surface area contributed by atoms with Crippen molar-refractivity contribution in [3.05, 3.63) is 65.0 Å². The minimum atomic E-state index is -0.772. The maximum Gasteiger partial charge on any atom is 0.332 e. The summed E-state index contributed by atoms with van der Waals surface area (Å²) < 4.78 is 6.68. The molecule has 4 aromatic rings. The first kappa shape index (κ1) is 16.5. The first-order valence-electron chi connectivity index (χ1n) is 7.96. The summed E-state index contributed by atoms with van der Waals surface area (Å²) in [5.74, 6) is -0.0438. The Labute approximate surface area is 152 Å². The maximum absolute atomic E-state index is 12.7. The molecule has 0 unspecified atom stereocenters. The van der Waals surface area contributed by atoms with E-state index in [1.165, 1.54) is 11.7 Å². The summed E-state index contributed by atoms with van der Waals surface area (Å²) in [7, 11) is 1.50. The van der Waals surface area contributed by atoms with Gasteiger partial charge < -0.3 is 15.5 Å². The van der Waals surface area contributed by atoms with Crippen molar-refractivity contribution in [2.45, 2.75) is 0 Å². The molecule has 3 N–H and O–H groups in total. The van der Waals surface area contributed by atoms with Crippen LogP contribution in [0.1, 0.15) is 10.5 Å². The zero-order chi connectivity index (χ0) is 19.0. The third-order valence-corrected chi connectivity index (χ3v) is 4.03. The zero-order valence-electron chi connectivity index (χ0n) is 14.2. The quantitative estimate of drug-likeness (QED) is 0.563. The molecule has 0 fully saturated rings. The van der Waals surface area contributed by atoms with E-state index in [2.05, 4.69) is 19.9 Å². The van der Waals surface area contributed by atoms with Crippen molar-refractivity contribution in [3.63, 3.8) is 0 Å². The van der Waals surface area contributed by atoms with Gasteiger partial charge in [-0.05, 0) is 24.3 Å². The molecule has 0 saturated heterocycles. The lowest BCUT2D eigenvalue weighted by Crippen LogP contribution is -2.16. The van der Waals surface area contributed by atoms with Crippen molar-refractivity contribution in [1.29, 1.82) is 0 Å². The maximum atomic E-state index is 12.7. The van der Waals surface area contributed by atoms with Crippen molar-refractivity contribution in [1.82, 2.24) is 24.5 Å². The molecule has 0 spiro atoms. The Morgan fingerprint density at radius 1 is 1.15 bits per heavy atom. The molecule has 4 rings (SSSR count). The number of ether oxygens (including phenoxy) is 1. The van der Waals surface area contributed by atoms with Gasteiger partial charge in [0, 0.05) is 18.0 Å².